The number of hydrogen-bond donors (Lipinski definition) is 2. The van der Waals surface area contributed by atoms with E-state index in [9.17, 15) is 18.0 Å². The maximum atomic E-state index is 12.9. The van der Waals surface area contributed by atoms with Crippen molar-refractivity contribution >= 4 is 44.8 Å². The van der Waals surface area contributed by atoms with Gasteiger partial charge in [0, 0.05) is 18.0 Å². The van der Waals surface area contributed by atoms with Crippen LogP contribution < -0.4 is 14.9 Å². The first-order valence-corrected chi connectivity index (χ1v) is 13.4. The number of carbonyl (C=O) groups is 2. The number of anilines is 2. The lowest BCUT2D eigenvalue weighted by Crippen LogP contribution is -2.31. The van der Waals surface area contributed by atoms with Gasteiger partial charge in [0.1, 0.15) is 0 Å². The van der Waals surface area contributed by atoms with E-state index in [-0.39, 0.29) is 30.8 Å². The highest BCUT2D eigenvalue weighted by molar-refractivity contribution is 7.92. The van der Waals surface area contributed by atoms with E-state index in [4.69, 9.17) is 11.6 Å². The average Bonchev–Trinajstić information content (AvgIpc) is 2.82. The van der Waals surface area contributed by atoms with E-state index in [2.05, 4.69) is 10.6 Å². The highest BCUT2D eigenvalue weighted by Crippen LogP contribution is 2.22. The standard InChI is InChI=1S/C26H28ClN3O4S/c1-19(20-9-4-3-5-10-20)28-26(32)23-11-6-7-12-24(23)29-25(31)13-8-18-30(35(2,33)34)22-16-14-21(27)15-17-22/h3-7,9-12,14-17,19H,8,13,18H2,1-2H3,(H,28,32)(H,29,31)/t19-/m1/s1. The van der Waals surface area contributed by atoms with Crippen LogP contribution in [-0.2, 0) is 14.8 Å². The molecular weight excluding hydrogens is 486 g/mol. The van der Waals surface area contributed by atoms with Crippen LogP contribution in [0.2, 0.25) is 5.02 Å². The number of amides is 2. The van der Waals surface area contributed by atoms with Crippen molar-refractivity contribution in [3.05, 3.63) is 95.0 Å². The van der Waals surface area contributed by atoms with Crippen LogP contribution in [0.3, 0.4) is 0 Å². The summed E-state index contributed by atoms with van der Waals surface area (Å²) < 4.78 is 25.7. The number of sulfonamides is 1. The summed E-state index contributed by atoms with van der Waals surface area (Å²) in [6, 6.07) is 22.6. The van der Waals surface area contributed by atoms with Gasteiger partial charge in [0.05, 0.1) is 29.2 Å². The smallest absolute Gasteiger partial charge is 0.253 e. The normalized spacial score (nSPS) is 12.0. The zero-order valence-corrected chi connectivity index (χ0v) is 21.1. The van der Waals surface area contributed by atoms with Crippen LogP contribution in [0.4, 0.5) is 11.4 Å². The number of nitrogens with one attached hydrogen (secondary N) is 2. The molecular formula is C26H28ClN3O4S. The highest BCUT2D eigenvalue weighted by atomic mass is 35.5. The van der Waals surface area contributed by atoms with Gasteiger partial charge in [-0.25, -0.2) is 8.42 Å². The third-order valence-electron chi connectivity index (χ3n) is 5.37. The molecule has 2 amide bonds. The van der Waals surface area contributed by atoms with Crippen molar-refractivity contribution in [1.29, 1.82) is 0 Å². The van der Waals surface area contributed by atoms with Gasteiger partial charge in [0.25, 0.3) is 5.91 Å². The Morgan fingerprint density at radius 3 is 2.23 bits per heavy atom. The third kappa shape index (κ3) is 7.56. The molecule has 0 saturated carbocycles. The lowest BCUT2D eigenvalue weighted by Gasteiger charge is -2.22. The fourth-order valence-corrected chi connectivity index (χ4v) is 4.67. The molecule has 35 heavy (non-hydrogen) atoms. The fourth-order valence-electron chi connectivity index (χ4n) is 3.58. The van der Waals surface area contributed by atoms with Gasteiger partial charge in [-0.3, -0.25) is 13.9 Å². The maximum Gasteiger partial charge on any atom is 0.253 e. The van der Waals surface area contributed by atoms with Crippen molar-refractivity contribution in [2.45, 2.75) is 25.8 Å². The Morgan fingerprint density at radius 2 is 1.57 bits per heavy atom. The van der Waals surface area contributed by atoms with Crippen LogP contribution in [0.25, 0.3) is 0 Å². The van der Waals surface area contributed by atoms with E-state index in [1.165, 1.54) is 4.31 Å². The van der Waals surface area contributed by atoms with Crippen molar-refractivity contribution in [2.75, 3.05) is 22.4 Å². The quantitative estimate of drug-likeness (QED) is 0.398. The molecule has 3 aromatic carbocycles. The molecule has 3 rings (SSSR count). The zero-order valence-electron chi connectivity index (χ0n) is 19.6. The number of benzene rings is 3. The van der Waals surface area contributed by atoms with Crippen molar-refractivity contribution in [1.82, 2.24) is 5.32 Å². The number of rotatable bonds is 10. The van der Waals surface area contributed by atoms with Gasteiger partial charge in [0.2, 0.25) is 15.9 Å². The SMILES string of the molecule is C[C@@H](NC(=O)c1ccccc1NC(=O)CCCN(c1ccc(Cl)cc1)S(C)(=O)=O)c1ccccc1. The second-order valence-corrected chi connectivity index (χ2v) is 10.5. The van der Waals surface area contributed by atoms with Crippen molar-refractivity contribution in [2.24, 2.45) is 0 Å². The molecule has 0 aliphatic heterocycles. The summed E-state index contributed by atoms with van der Waals surface area (Å²) in [5, 5.41) is 6.23. The van der Waals surface area contributed by atoms with Gasteiger partial charge >= 0.3 is 0 Å². The molecule has 1 atom stereocenters. The second kappa shape index (κ2) is 11.9. The molecule has 9 heteroatoms. The summed E-state index contributed by atoms with van der Waals surface area (Å²) >= 11 is 5.90. The molecule has 0 aliphatic rings. The molecule has 0 spiro atoms. The molecule has 0 radical (unpaired) electrons. The lowest BCUT2D eigenvalue weighted by molar-refractivity contribution is -0.116. The van der Waals surface area contributed by atoms with Gasteiger partial charge in [0.15, 0.2) is 0 Å². The summed E-state index contributed by atoms with van der Waals surface area (Å²) in [4.78, 5) is 25.5. The first kappa shape index (κ1) is 26.2. The first-order chi connectivity index (χ1) is 16.6. The summed E-state index contributed by atoms with van der Waals surface area (Å²) in [6.45, 7) is 2.02. The molecule has 0 saturated heterocycles. The van der Waals surface area contributed by atoms with E-state index in [1.54, 1.807) is 48.5 Å². The number of carbonyl (C=O) groups excluding carboxylic acids is 2. The van der Waals surface area contributed by atoms with Crippen LogP contribution in [0.5, 0.6) is 0 Å². The van der Waals surface area contributed by atoms with Gasteiger partial charge in [-0.05, 0) is 55.3 Å². The molecule has 0 aromatic heterocycles. The minimum atomic E-state index is -3.53. The van der Waals surface area contributed by atoms with Gasteiger partial charge in [-0.1, -0.05) is 54.1 Å². The number of hydrogen-bond acceptors (Lipinski definition) is 4. The topological polar surface area (TPSA) is 95.6 Å². The Labute approximate surface area is 211 Å². The number of para-hydroxylation sites is 1. The Morgan fingerprint density at radius 1 is 0.943 bits per heavy atom. The lowest BCUT2D eigenvalue weighted by atomic mass is 10.1. The molecule has 0 aliphatic carbocycles. The monoisotopic (exact) mass is 513 g/mol. The van der Waals surface area contributed by atoms with Gasteiger partial charge in [-0.2, -0.15) is 0 Å². The molecule has 7 nitrogen and oxygen atoms in total. The highest BCUT2D eigenvalue weighted by Gasteiger charge is 2.19. The van der Waals surface area contributed by atoms with E-state index in [1.807, 2.05) is 37.3 Å². The molecule has 0 fully saturated rings. The Balaban J connectivity index is 1.61. The number of nitrogens with zero attached hydrogens (tertiary/aromatic N) is 1. The van der Waals surface area contributed by atoms with E-state index in [0.29, 0.717) is 28.4 Å². The van der Waals surface area contributed by atoms with Crippen molar-refractivity contribution in [3.8, 4) is 0 Å². The largest absolute Gasteiger partial charge is 0.345 e. The maximum absolute atomic E-state index is 12.9. The molecule has 3 aromatic rings. The van der Waals surface area contributed by atoms with E-state index >= 15 is 0 Å². The second-order valence-electron chi connectivity index (χ2n) is 8.11. The van der Waals surface area contributed by atoms with Crippen LogP contribution in [0.15, 0.2) is 78.9 Å². The molecule has 0 unspecified atom stereocenters. The summed E-state index contributed by atoms with van der Waals surface area (Å²) in [5.41, 5.74) is 2.20. The Hall–Kier alpha value is -3.36. The van der Waals surface area contributed by atoms with Crippen molar-refractivity contribution in [3.63, 3.8) is 0 Å². The molecule has 0 bridgehead atoms. The third-order valence-corrected chi connectivity index (χ3v) is 6.82. The van der Waals surface area contributed by atoms with Gasteiger partial charge in [-0.15, -0.1) is 0 Å². The first-order valence-electron chi connectivity index (χ1n) is 11.1. The minimum absolute atomic E-state index is 0.0793. The summed E-state index contributed by atoms with van der Waals surface area (Å²) in [7, 11) is -3.53. The fraction of sp³-hybridized carbons (Fsp3) is 0.231. The van der Waals surface area contributed by atoms with Gasteiger partial charge < -0.3 is 10.6 Å². The summed E-state index contributed by atoms with van der Waals surface area (Å²) in [5.74, 6) is -0.617. The predicted octanol–water partition coefficient (Wildman–Crippen LogP) is 5.02. The van der Waals surface area contributed by atoms with E-state index < -0.39 is 10.0 Å². The number of halogens is 1. The summed E-state index contributed by atoms with van der Waals surface area (Å²) in [6.07, 6.45) is 1.49. The van der Waals surface area contributed by atoms with Crippen molar-refractivity contribution < 1.29 is 18.0 Å². The Bertz CT molecular complexity index is 1270. The predicted molar refractivity (Wildman–Crippen MR) is 140 cm³/mol. The molecule has 2 N–H and O–H groups in total. The van der Waals surface area contributed by atoms with Crippen LogP contribution in [-0.4, -0.2) is 33.0 Å². The van der Waals surface area contributed by atoms with Crippen LogP contribution in [0.1, 0.15) is 41.7 Å². The Kier molecular flexibility index (Phi) is 8.89. The zero-order chi connectivity index (χ0) is 25.4. The minimum Gasteiger partial charge on any atom is -0.345 e. The van der Waals surface area contributed by atoms with Crippen LogP contribution >= 0.6 is 11.6 Å². The van der Waals surface area contributed by atoms with Crippen LogP contribution in [0, 0.1) is 0 Å². The average molecular weight is 514 g/mol. The van der Waals surface area contributed by atoms with E-state index in [0.717, 1.165) is 11.8 Å². The molecule has 184 valence electrons. The molecule has 0 heterocycles.